The van der Waals surface area contributed by atoms with Crippen molar-refractivity contribution in [3.8, 4) is 0 Å². The fourth-order valence-corrected chi connectivity index (χ4v) is 4.11. The zero-order chi connectivity index (χ0) is 28.8. The number of rotatable bonds is 8. The zero-order valence-corrected chi connectivity index (χ0v) is 23.0. The van der Waals surface area contributed by atoms with Gasteiger partial charge in [0.1, 0.15) is 12.7 Å². The maximum Gasteiger partial charge on any atom is 0.338 e. The van der Waals surface area contributed by atoms with Crippen LogP contribution in [0.2, 0.25) is 15.1 Å². The van der Waals surface area contributed by atoms with Gasteiger partial charge in [-0.3, -0.25) is 4.79 Å². The number of carbonyl (C=O) groups excluding carboxylic acids is 4. The van der Waals surface area contributed by atoms with E-state index in [1.807, 2.05) is 0 Å². The van der Waals surface area contributed by atoms with Crippen molar-refractivity contribution in [2.45, 2.75) is 31.5 Å². The molecule has 1 aliphatic rings. The summed E-state index contributed by atoms with van der Waals surface area (Å²) in [6, 6.07) is 17.7. The number of halogens is 3. The topological polar surface area (TPSA) is 114 Å². The smallest absolute Gasteiger partial charge is 0.338 e. The van der Waals surface area contributed by atoms with Gasteiger partial charge in [0.15, 0.2) is 6.10 Å². The minimum Gasteiger partial charge on any atom is -0.459 e. The lowest BCUT2D eigenvalue weighted by Gasteiger charge is -2.24. The third-order valence-corrected chi connectivity index (χ3v) is 6.41. The van der Waals surface area contributed by atoms with Gasteiger partial charge in [-0.1, -0.05) is 34.8 Å². The highest BCUT2D eigenvalue weighted by molar-refractivity contribution is 6.31. The minimum absolute atomic E-state index is 0.131. The summed E-state index contributed by atoms with van der Waals surface area (Å²) < 4.78 is 27.7. The first-order valence-corrected chi connectivity index (χ1v) is 12.9. The molecule has 3 aromatic carbocycles. The van der Waals surface area contributed by atoms with Crippen molar-refractivity contribution in [2.75, 3.05) is 6.61 Å². The summed E-state index contributed by atoms with van der Waals surface area (Å²) in [7, 11) is 0. The van der Waals surface area contributed by atoms with Crippen LogP contribution in [0.5, 0.6) is 0 Å². The lowest BCUT2D eigenvalue weighted by molar-refractivity contribution is -0.187. The first kappa shape index (κ1) is 29.4. The first-order valence-electron chi connectivity index (χ1n) is 11.8. The summed E-state index contributed by atoms with van der Waals surface area (Å²) >= 11 is 17.7. The maximum atomic E-state index is 13.0. The van der Waals surface area contributed by atoms with Gasteiger partial charge in [-0.05, 0) is 72.8 Å². The van der Waals surface area contributed by atoms with E-state index in [9.17, 15) is 19.2 Å². The molecule has 0 bridgehead atoms. The van der Waals surface area contributed by atoms with Crippen LogP contribution in [0.3, 0.4) is 0 Å². The SMILES string of the molecule is CC(=O)OC1OC(COC(=O)c2ccc(Cl)cc2)C(OC(=O)c2ccc(Cl)cc2)C1OC(=O)c1ccc(Cl)cc1. The van der Waals surface area contributed by atoms with Crippen LogP contribution in [-0.4, -0.2) is 55.1 Å². The molecule has 0 aromatic heterocycles. The second-order valence-corrected chi connectivity index (χ2v) is 9.82. The van der Waals surface area contributed by atoms with E-state index in [0.717, 1.165) is 6.92 Å². The highest BCUT2D eigenvalue weighted by Gasteiger charge is 2.52. The predicted octanol–water partition coefficient (Wildman–Crippen LogP) is 5.54. The molecule has 9 nitrogen and oxygen atoms in total. The van der Waals surface area contributed by atoms with Gasteiger partial charge < -0.3 is 23.7 Å². The van der Waals surface area contributed by atoms with E-state index in [0.29, 0.717) is 15.1 Å². The summed E-state index contributed by atoms with van der Waals surface area (Å²) in [5.74, 6) is -3.10. The van der Waals surface area contributed by atoms with Crippen LogP contribution in [-0.2, 0) is 28.5 Å². The molecule has 0 spiro atoms. The van der Waals surface area contributed by atoms with Crippen molar-refractivity contribution < 1.29 is 42.9 Å². The Morgan fingerprint density at radius 2 is 1.02 bits per heavy atom. The van der Waals surface area contributed by atoms with Crippen molar-refractivity contribution in [1.82, 2.24) is 0 Å². The lowest BCUT2D eigenvalue weighted by Crippen LogP contribution is -2.42. The predicted molar refractivity (Wildman–Crippen MR) is 143 cm³/mol. The Balaban J connectivity index is 1.59. The maximum absolute atomic E-state index is 13.0. The Morgan fingerprint density at radius 1 is 0.625 bits per heavy atom. The van der Waals surface area contributed by atoms with Gasteiger partial charge in [0.2, 0.25) is 12.4 Å². The van der Waals surface area contributed by atoms with Crippen molar-refractivity contribution in [3.63, 3.8) is 0 Å². The molecule has 3 aromatic rings. The fourth-order valence-electron chi connectivity index (χ4n) is 3.73. The molecule has 4 unspecified atom stereocenters. The normalized spacial score (nSPS) is 19.9. The van der Waals surface area contributed by atoms with E-state index in [1.165, 1.54) is 72.8 Å². The quantitative estimate of drug-likeness (QED) is 0.240. The molecular weight excluding hydrogens is 587 g/mol. The van der Waals surface area contributed by atoms with E-state index in [-0.39, 0.29) is 16.7 Å². The van der Waals surface area contributed by atoms with E-state index >= 15 is 0 Å². The van der Waals surface area contributed by atoms with Crippen LogP contribution in [0.15, 0.2) is 72.8 Å². The minimum atomic E-state index is -1.48. The summed E-state index contributed by atoms with van der Waals surface area (Å²) in [6.07, 6.45) is -5.42. The Bertz CT molecular complexity index is 1380. The number of hydrogen-bond donors (Lipinski definition) is 0. The summed E-state index contributed by atoms with van der Waals surface area (Å²) in [6.45, 7) is 0.691. The average molecular weight is 608 g/mol. The van der Waals surface area contributed by atoms with Gasteiger partial charge in [-0.15, -0.1) is 0 Å². The summed E-state index contributed by atoms with van der Waals surface area (Å²) in [5.41, 5.74) is 0.478. The van der Waals surface area contributed by atoms with E-state index in [4.69, 9.17) is 58.5 Å². The molecule has 0 N–H and O–H groups in total. The molecule has 1 saturated heterocycles. The molecule has 0 radical (unpaired) electrons. The van der Waals surface area contributed by atoms with E-state index < -0.39 is 55.1 Å². The molecule has 0 saturated carbocycles. The van der Waals surface area contributed by atoms with Crippen molar-refractivity contribution in [2.24, 2.45) is 0 Å². The van der Waals surface area contributed by atoms with E-state index in [2.05, 4.69) is 0 Å². The molecule has 12 heteroatoms. The molecule has 1 fully saturated rings. The molecule has 208 valence electrons. The molecule has 4 rings (SSSR count). The molecule has 1 aliphatic heterocycles. The molecule has 1 heterocycles. The average Bonchev–Trinajstić information content (AvgIpc) is 3.22. The van der Waals surface area contributed by atoms with Crippen LogP contribution in [0.25, 0.3) is 0 Å². The van der Waals surface area contributed by atoms with Gasteiger partial charge >= 0.3 is 23.9 Å². The first-order chi connectivity index (χ1) is 19.1. The monoisotopic (exact) mass is 606 g/mol. The lowest BCUT2D eigenvalue weighted by atomic mass is 10.1. The third-order valence-electron chi connectivity index (χ3n) is 5.65. The van der Waals surface area contributed by atoms with Crippen LogP contribution in [0.4, 0.5) is 0 Å². The molecule has 0 amide bonds. The van der Waals surface area contributed by atoms with Crippen LogP contribution in [0, 0.1) is 0 Å². The fraction of sp³-hybridized carbons (Fsp3) is 0.214. The summed E-state index contributed by atoms with van der Waals surface area (Å²) in [4.78, 5) is 50.4. The molecule has 4 atom stereocenters. The number of ether oxygens (including phenoxy) is 5. The van der Waals surface area contributed by atoms with Gasteiger partial charge in [-0.2, -0.15) is 0 Å². The number of benzene rings is 3. The van der Waals surface area contributed by atoms with Gasteiger partial charge in [0, 0.05) is 22.0 Å². The standard InChI is InChI=1S/C28H21Cl3O9/c1-15(32)37-28-24(40-27(35)18-6-12-21(31)13-7-18)23(39-26(34)17-4-10-20(30)11-5-17)22(38-28)14-36-25(33)16-2-8-19(29)9-3-16/h2-13,22-24,28H,14H2,1H3. The highest BCUT2D eigenvalue weighted by Crippen LogP contribution is 2.30. The Morgan fingerprint density at radius 3 is 1.45 bits per heavy atom. The van der Waals surface area contributed by atoms with Crippen molar-refractivity contribution in [1.29, 1.82) is 0 Å². The highest BCUT2D eigenvalue weighted by atomic mass is 35.5. The Hall–Kier alpha value is -3.63. The van der Waals surface area contributed by atoms with Crippen LogP contribution >= 0.6 is 34.8 Å². The number of esters is 4. The molecule has 0 aliphatic carbocycles. The summed E-state index contributed by atoms with van der Waals surface area (Å²) in [5, 5.41) is 1.23. The number of hydrogen-bond acceptors (Lipinski definition) is 9. The number of carbonyl (C=O) groups is 4. The van der Waals surface area contributed by atoms with Gasteiger partial charge in [-0.25, -0.2) is 14.4 Å². The Labute approximate surface area is 243 Å². The van der Waals surface area contributed by atoms with E-state index in [1.54, 1.807) is 0 Å². The third kappa shape index (κ3) is 7.51. The van der Waals surface area contributed by atoms with Gasteiger partial charge in [0.25, 0.3) is 0 Å². The van der Waals surface area contributed by atoms with Crippen molar-refractivity contribution >= 4 is 58.7 Å². The molecular formula is C28H21Cl3O9. The van der Waals surface area contributed by atoms with Crippen LogP contribution in [0.1, 0.15) is 38.0 Å². The second-order valence-electron chi connectivity index (χ2n) is 8.51. The second kappa shape index (κ2) is 13.1. The Kier molecular flexibility index (Phi) is 9.65. The van der Waals surface area contributed by atoms with Crippen LogP contribution < -0.4 is 0 Å². The largest absolute Gasteiger partial charge is 0.459 e. The zero-order valence-electron chi connectivity index (χ0n) is 20.8. The molecule has 40 heavy (non-hydrogen) atoms. The van der Waals surface area contributed by atoms with Crippen molar-refractivity contribution in [3.05, 3.63) is 105 Å². The van der Waals surface area contributed by atoms with Gasteiger partial charge in [0.05, 0.1) is 16.7 Å².